The molecule has 0 fully saturated rings. The van der Waals surface area contributed by atoms with Crippen LogP contribution in [0.3, 0.4) is 0 Å². The molecule has 0 aliphatic rings. The fourth-order valence-corrected chi connectivity index (χ4v) is 3.17. The molecule has 0 aliphatic carbocycles. The van der Waals surface area contributed by atoms with E-state index >= 15 is 0 Å². The zero-order valence-corrected chi connectivity index (χ0v) is 22.1. The van der Waals surface area contributed by atoms with E-state index in [1.807, 2.05) is 31.2 Å². The standard InChI is InChI=1S/C23H41N5O.HI/c1-8-19(6)27-22(29)21-12-10-20(11-13-21)16-26-23(24-7)25-14-9-15-28(17(2)3)18(4)5;/h10-13,17-19H,8-9,14-16H2,1-7H3,(H,27,29)(H2,24,25,26);1H. The molecule has 6 nitrogen and oxygen atoms in total. The minimum Gasteiger partial charge on any atom is -0.356 e. The number of nitrogens with zero attached hydrogens (tertiary/aromatic N) is 2. The van der Waals surface area contributed by atoms with Crippen molar-refractivity contribution < 1.29 is 4.79 Å². The van der Waals surface area contributed by atoms with E-state index in [-0.39, 0.29) is 35.9 Å². The van der Waals surface area contributed by atoms with Crippen molar-refractivity contribution in [2.75, 3.05) is 20.1 Å². The Morgan fingerprint density at radius 3 is 2.13 bits per heavy atom. The fourth-order valence-electron chi connectivity index (χ4n) is 3.17. The Bertz CT molecular complexity index is 623. The second-order valence-electron chi connectivity index (χ2n) is 8.11. The summed E-state index contributed by atoms with van der Waals surface area (Å²) in [5.74, 6) is 0.775. The zero-order chi connectivity index (χ0) is 21.8. The Kier molecular flexibility index (Phi) is 14.8. The molecule has 1 aromatic rings. The first kappa shape index (κ1) is 28.6. The van der Waals surface area contributed by atoms with Crippen LogP contribution in [0.25, 0.3) is 0 Å². The molecule has 7 heteroatoms. The van der Waals surface area contributed by atoms with Crippen LogP contribution in [0, 0.1) is 0 Å². The van der Waals surface area contributed by atoms with Crippen molar-refractivity contribution in [1.29, 1.82) is 0 Å². The normalized spacial score (nSPS) is 12.7. The summed E-state index contributed by atoms with van der Waals surface area (Å²) in [6.45, 7) is 15.7. The lowest BCUT2D eigenvalue weighted by Crippen LogP contribution is -2.41. The summed E-state index contributed by atoms with van der Waals surface area (Å²) in [7, 11) is 1.78. The van der Waals surface area contributed by atoms with E-state index in [4.69, 9.17) is 0 Å². The van der Waals surface area contributed by atoms with Crippen LogP contribution in [0.5, 0.6) is 0 Å². The fraction of sp³-hybridized carbons (Fsp3) is 0.652. The van der Waals surface area contributed by atoms with Crippen LogP contribution < -0.4 is 16.0 Å². The molecule has 30 heavy (non-hydrogen) atoms. The van der Waals surface area contributed by atoms with Crippen LogP contribution in [0.1, 0.15) is 70.3 Å². The van der Waals surface area contributed by atoms with Crippen molar-refractivity contribution in [2.45, 2.75) is 79.1 Å². The van der Waals surface area contributed by atoms with Crippen LogP contribution in [0.15, 0.2) is 29.3 Å². The highest BCUT2D eigenvalue weighted by Gasteiger charge is 2.12. The molecular formula is C23H42IN5O. The molecule has 0 saturated heterocycles. The Morgan fingerprint density at radius 1 is 1.03 bits per heavy atom. The Hall–Kier alpha value is -1.35. The Balaban J connectivity index is 0.00000841. The van der Waals surface area contributed by atoms with Gasteiger partial charge in [0.15, 0.2) is 5.96 Å². The van der Waals surface area contributed by atoms with Gasteiger partial charge in [0.1, 0.15) is 0 Å². The maximum atomic E-state index is 12.2. The number of hydrogen-bond donors (Lipinski definition) is 3. The molecule has 0 heterocycles. The van der Waals surface area contributed by atoms with Gasteiger partial charge in [-0.3, -0.25) is 14.7 Å². The predicted molar refractivity (Wildman–Crippen MR) is 139 cm³/mol. The third kappa shape index (κ3) is 10.6. The molecular weight excluding hydrogens is 489 g/mol. The second-order valence-corrected chi connectivity index (χ2v) is 8.11. The monoisotopic (exact) mass is 531 g/mol. The summed E-state index contributed by atoms with van der Waals surface area (Å²) in [6, 6.07) is 9.01. The van der Waals surface area contributed by atoms with Crippen molar-refractivity contribution in [2.24, 2.45) is 4.99 Å². The second kappa shape index (κ2) is 15.5. The molecule has 0 spiro atoms. The van der Waals surface area contributed by atoms with Gasteiger partial charge in [-0.05, 0) is 65.2 Å². The molecule has 1 rings (SSSR count). The van der Waals surface area contributed by atoms with Crippen LogP contribution in [0.2, 0.25) is 0 Å². The smallest absolute Gasteiger partial charge is 0.251 e. The van der Waals surface area contributed by atoms with Crippen molar-refractivity contribution in [3.8, 4) is 0 Å². The minimum atomic E-state index is -0.0202. The van der Waals surface area contributed by atoms with E-state index in [0.717, 1.165) is 37.5 Å². The molecule has 1 atom stereocenters. The van der Waals surface area contributed by atoms with E-state index in [9.17, 15) is 4.79 Å². The summed E-state index contributed by atoms with van der Waals surface area (Å²) in [5, 5.41) is 9.70. The molecule has 172 valence electrons. The first-order valence-corrected chi connectivity index (χ1v) is 10.9. The highest BCUT2D eigenvalue weighted by molar-refractivity contribution is 14.0. The molecule has 1 amide bonds. The first-order valence-electron chi connectivity index (χ1n) is 10.9. The largest absolute Gasteiger partial charge is 0.356 e. The van der Waals surface area contributed by atoms with Crippen LogP contribution in [0.4, 0.5) is 0 Å². The molecule has 0 radical (unpaired) electrons. The number of halogens is 1. The first-order chi connectivity index (χ1) is 13.8. The molecule has 1 unspecified atom stereocenters. The summed E-state index contributed by atoms with van der Waals surface area (Å²) in [6.07, 6.45) is 1.99. The van der Waals surface area contributed by atoms with Crippen molar-refractivity contribution in [3.05, 3.63) is 35.4 Å². The number of amides is 1. The van der Waals surface area contributed by atoms with Crippen molar-refractivity contribution >= 4 is 35.8 Å². The summed E-state index contributed by atoms with van der Waals surface area (Å²) in [5.41, 5.74) is 1.80. The maximum absolute atomic E-state index is 12.2. The molecule has 0 aromatic heterocycles. The molecule has 0 bridgehead atoms. The lowest BCUT2D eigenvalue weighted by atomic mass is 10.1. The average molecular weight is 532 g/mol. The minimum absolute atomic E-state index is 0. The van der Waals surface area contributed by atoms with Crippen molar-refractivity contribution in [3.63, 3.8) is 0 Å². The number of hydrogen-bond acceptors (Lipinski definition) is 3. The topological polar surface area (TPSA) is 68.8 Å². The third-order valence-electron chi connectivity index (χ3n) is 5.10. The van der Waals surface area contributed by atoms with Gasteiger partial charge in [-0.15, -0.1) is 24.0 Å². The van der Waals surface area contributed by atoms with Gasteiger partial charge in [-0.1, -0.05) is 19.1 Å². The number of benzene rings is 1. The van der Waals surface area contributed by atoms with E-state index in [0.29, 0.717) is 24.2 Å². The van der Waals surface area contributed by atoms with Gasteiger partial charge >= 0.3 is 0 Å². The van der Waals surface area contributed by atoms with Gasteiger partial charge in [0, 0.05) is 50.4 Å². The Labute approximate surface area is 200 Å². The van der Waals surface area contributed by atoms with Gasteiger partial charge in [0.25, 0.3) is 5.91 Å². The van der Waals surface area contributed by atoms with Crippen LogP contribution >= 0.6 is 24.0 Å². The van der Waals surface area contributed by atoms with E-state index < -0.39 is 0 Å². The number of carbonyl (C=O) groups is 1. The highest BCUT2D eigenvalue weighted by Crippen LogP contribution is 2.06. The summed E-state index contributed by atoms with van der Waals surface area (Å²) >= 11 is 0. The van der Waals surface area contributed by atoms with Gasteiger partial charge in [-0.2, -0.15) is 0 Å². The number of rotatable bonds is 11. The van der Waals surface area contributed by atoms with Crippen molar-refractivity contribution in [1.82, 2.24) is 20.9 Å². The lowest BCUT2D eigenvalue weighted by Gasteiger charge is -2.30. The number of guanidine groups is 1. The molecule has 3 N–H and O–H groups in total. The third-order valence-corrected chi connectivity index (χ3v) is 5.10. The van der Waals surface area contributed by atoms with Gasteiger partial charge in [-0.25, -0.2) is 0 Å². The SMILES string of the molecule is CCC(C)NC(=O)c1ccc(CNC(=NC)NCCCN(C(C)C)C(C)C)cc1.I. The van der Waals surface area contributed by atoms with E-state index in [2.05, 4.69) is 60.5 Å². The lowest BCUT2D eigenvalue weighted by molar-refractivity contribution is 0.0939. The quantitative estimate of drug-likeness (QED) is 0.175. The maximum Gasteiger partial charge on any atom is 0.251 e. The molecule has 0 aliphatic heterocycles. The number of aliphatic imine (C=N–C) groups is 1. The zero-order valence-electron chi connectivity index (χ0n) is 19.8. The number of nitrogens with one attached hydrogen (secondary N) is 3. The number of carbonyl (C=O) groups excluding carboxylic acids is 1. The average Bonchev–Trinajstić information content (AvgIpc) is 2.69. The molecule has 1 aromatic carbocycles. The Morgan fingerprint density at radius 2 is 1.63 bits per heavy atom. The van der Waals surface area contributed by atoms with E-state index in [1.54, 1.807) is 7.05 Å². The summed E-state index contributed by atoms with van der Waals surface area (Å²) in [4.78, 5) is 18.9. The van der Waals surface area contributed by atoms with E-state index in [1.165, 1.54) is 0 Å². The van der Waals surface area contributed by atoms with Gasteiger partial charge in [0.2, 0.25) is 0 Å². The predicted octanol–water partition coefficient (Wildman–Crippen LogP) is 4.01. The summed E-state index contributed by atoms with van der Waals surface area (Å²) < 4.78 is 0. The highest BCUT2D eigenvalue weighted by atomic mass is 127. The molecule has 0 saturated carbocycles. The van der Waals surface area contributed by atoms with Crippen LogP contribution in [-0.4, -0.2) is 55.0 Å². The van der Waals surface area contributed by atoms with Gasteiger partial charge in [0.05, 0.1) is 0 Å². The van der Waals surface area contributed by atoms with Crippen LogP contribution in [-0.2, 0) is 6.54 Å². The van der Waals surface area contributed by atoms with Gasteiger partial charge < -0.3 is 16.0 Å².